The van der Waals surface area contributed by atoms with Gasteiger partial charge in [-0.3, -0.25) is 14.8 Å². The topological polar surface area (TPSA) is 67.2 Å². The summed E-state index contributed by atoms with van der Waals surface area (Å²) in [5.74, 6) is 1.76. The van der Waals surface area contributed by atoms with Crippen molar-refractivity contribution >= 4 is 34.9 Å². The molecule has 0 bridgehead atoms. The SMILES string of the molecule is CC[C@H]1CN(c2ncc(C3=NCCN3)cc2Cl)CCN1C1CCN(C(CO)c2ccc(Cl)cc2)CC1. The standard InChI is InChI=1S/C27H36Cl2N6O/c1-2-22-17-34(27-24(29)15-20(16-32-27)26-30-9-10-31-26)13-14-35(22)23-7-11-33(12-8-23)25(18-36)19-3-5-21(28)6-4-19/h3-6,15-16,22-23,25,36H,2,7-14,17-18H2,1H3,(H,30,31)/t22-,25?/m0/s1. The molecule has 2 atom stereocenters. The van der Waals surface area contributed by atoms with Crippen LogP contribution in [0, 0.1) is 0 Å². The van der Waals surface area contributed by atoms with E-state index >= 15 is 0 Å². The summed E-state index contributed by atoms with van der Waals surface area (Å²) in [5.41, 5.74) is 2.09. The van der Waals surface area contributed by atoms with Crippen LogP contribution in [0.25, 0.3) is 0 Å². The van der Waals surface area contributed by atoms with E-state index < -0.39 is 0 Å². The molecule has 0 amide bonds. The number of halogens is 2. The van der Waals surface area contributed by atoms with Gasteiger partial charge in [-0.05, 0) is 43.0 Å². The molecule has 5 rings (SSSR count). The Morgan fingerprint density at radius 3 is 2.53 bits per heavy atom. The van der Waals surface area contributed by atoms with Gasteiger partial charge in [0.25, 0.3) is 0 Å². The van der Waals surface area contributed by atoms with E-state index in [1.807, 2.05) is 36.5 Å². The number of rotatable bonds is 7. The average Bonchev–Trinajstić information content (AvgIpc) is 3.45. The maximum Gasteiger partial charge on any atom is 0.147 e. The number of benzene rings is 1. The third-order valence-corrected chi connectivity index (χ3v) is 8.44. The van der Waals surface area contributed by atoms with E-state index in [2.05, 4.69) is 31.9 Å². The third-order valence-electron chi connectivity index (χ3n) is 7.90. The number of hydrogen-bond donors (Lipinski definition) is 2. The van der Waals surface area contributed by atoms with Crippen LogP contribution >= 0.6 is 23.2 Å². The summed E-state index contributed by atoms with van der Waals surface area (Å²) in [6.07, 6.45) is 5.21. The molecule has 2 N–H and O–H groups in total. The highest BCUT2D eigenvalue weighted by Crippen LogP contribution is 2.31. The Balaban J connectivity index is 1.20. The number of hydrogen-bond acceptors (Lipinski definition) is 7. The number of pyridine rings is 1. The summed E-state index contributed by atoms with van der Waals surface area (Å²) < 4.78 is 0. The lowest BCUT2D eigenvalue weighted by atomic mass is 9.96. The number of nitrogens with zero attached hydrogens (tertiary/aromatic N) is 5. The highest BCUT2D eigenvalue weighted by atomic mass is 35.5. The Bertz CT molecular complexity index is 1060. The molecule has 2 aromatic rings. The van der Waals surface area contributed by atoms with Gasteiger partial charge in [-0.25, -0.2) is 4.98 Å². The van der Waals surface area contributed by atoms with E-state index in [4.69, 9.17) is 28.2 Å². The van der Waals surface area contributed by atoms with Crippen LogP contribution in [-0.2, 0) is 0 Å². The maximum atomic E-state index is 10.1. The zero-order valence-electron chi connectivity index (χ0n) is 20.9. The van der Waals surface area contributed by atoms with Gasteiger partial charge in [0.05, 0.1) is 24.2 Å². The van der Waals surface area contributed by atoms with E-state index in [1.165, 1.54) is 0 Å². The molecule has 3 aliphatic rings. The second-order valence-corrected chi connectivity index (χ2v) is 10.8. The lowest BCUT2D eigenvalue weighted by Crippen LogP contribution is -2.58. The number of aliphatic hydroxyl groups is 1. The van der Waals surface area contributed by atoms with E-state index in [1.54, 1.807) is 0 Å². The molecule has 0 aliphatic carbocycles. The number of aromatic nitrogens is 1. The number of piperidine rings is 1. The molecule has 4 heterocycles. The first kappa shape index (κ1) is 25.7. The molecule has 0 radical (unpaired) electrons. The lowest BCUT2D eigenvalue weighted by molar-refractivity contribution is 0.0356. The highest BCUT2D eigenvalue weighted by Gasteiger charge is 2.35. The highest BCUT2D eigenvalue weighted by molar-refractivity contribution is 6.33. The van der Waals surface area contributed by atoms with Crippen molar-refractivity contribution in [3.63, 3.8) is 0 Å². The molecule has 2 fully saturated rings. The fraction of sp³-hybridized carbons (Fsp3) is 0.556. The van der Waals surface area contributed by atoms with Crippen molar-refractivity contribution < 1.29 is 5.11 Å². The van der Waals surface area contributed by atoms with E-state index in [-0.39, 0.29) is 12.6 Å². The second kappa shape index (κ2) is 11.7. The molecule has 1 unspecified atom stereocenters. The summed E-state index contributed by atoms with van der Waals surface area (Å²) in [6.45, 7) is 8.92. The maximum absolute atomic E-state index is 10.1. The summed E-state index contributed by atoms with van der Waals surface area (Å²) in [4.78, 5) is 16.7. The van der Waals surface area contributed by atoms with Crippen LogP contribution in [0.1, 0.15) is 43.4 Å². The van der Waals surface area contributed by atoms with Crippen LogP contribution in [-0.4, -0.2) is 90.2 Å². The molecule has 1 aromatic heterocycles. The first-order valence-electron chi connectivity index (χ1n) is 13.1. The molecule has 36 heavy (non-hydrogen) atoms. The van der Waals surface area contributed by atoms with Gasteiger partial charge in [0.15, 0.2) is 0 Å². The Morgan fingerprint density at radius 1 is 1.11 bits per heavy atom. The van der Waals surface area contributed by atoms with Crippen LogP contribution < -0.4 is 10.2 Å². The Morgan fingerprint density at radius 2 is 1.89 bits per heavy atom. The van der Waals surface area contributed by atoms with E-state index in [9.17, 15) is 5.11 Å². The first-order valence-corrected chi connectivity index (χ1v) is 13.9. The van der Waals surface area contributed by atoms with Crippen LogP contribution in [0.3, 0.4) is 0 Å². The Kier molecular flexibility index (Phi) is 8.33. The normalized spacial score (nSPS) is 22.9. The minimum Gasteiger partial charge on any atom is -0.394 e. The fourth-order valence-electron chi connectivity index (χ4n) is 5.94. The minimum absolute atomic E-state index is 0.0311. The number of piperazine rings is 1. The predicted octanol–water partition coefficient (Wildman–Crippen LogP) is 3.84. The van der Waals surface area contributed by atoms with Gasteiger partial charge in [-0.2, -0.15) is 0 Å². The molecular weight excluding hydrogens is 495 g/mol. The summed E-state index contributed by atoms with van der Waals surface area (Å²) in [5, 5.41) is 14.8. The van der Waals surface area contributed by atoms with Crippen molar-refractivity contribution in [2.24, 2.45) is 4.99 Å². The molecule has 2 saturated heterocycles. The third kappa shape index (κ3) is 5.50. The Hall–Kier alpha value is -1.90. The quantitative estimate of drug-likeness (QED) is 0.566. The van der Waals surface area contributed by atoms with Crippen molar-refractivity contribution in [3.05, 3.63) is 57.7 Å². The van der Waals surface area contributed by atoms with Crippen LogP contribution in [0.2, 0.25) is 10.0 Å². The van der Waals surface area contributed by atoms with Crippen molar-refractivity contribution in [3.8, 4) is 0 Å². The van der Waals surface area contributed by atoms with Crippen LogP contribution in [0.4, 0.5) is 5.82 Å². The van der Waals surface area contributed by atoms with Gasteiger partial charge < -0.3 is 15.3 Å². The predicted molar refractivity (Wildman–Crippen MR) is 148 cm³/mol. The molecule has 0 saturated carbocycles. The monoisotopic (exact) mass is 530 g/mol. The van der Waals surface area contributed by atoms with E-state index in [0.29, 0.717) is 17.1 Å². The van der Waals surface area contributed by atoms with E-state index in [0.717, 1.165) is 92.9 Å². The second-order valence-electron chi connectivity index (χ2n) is 9.95. The summed E-state index contributed by atoms with van der Waals surface area (Å²) >= 11 is 12.8. The molecule has 9 heteroatoms. The molecule has 3 aliphatic heterocycles. The van der Waals surface area contributed by atoms with Crippen LogP contribution in [0.15, 0.2) is 41.5 Å². The minimum atomic E-state index is 0.0311. The zero-order valence-corrected chi connectivity index (χ0v) is 22.4. The van der Waals surface area contributed by atoms with Crippen molar-refractivity contribution in [1.82, 2.24) is 20.1 Å². The van der Waals surface area contributed by atoms with Gasteiger partial charge in [-0.15, -0.1) is 0 Å². The number of nitrogens with one attached hydrogen (secondary N) is 1. The van der Waals surface area contributed by atoms with Crippen molar-refractivity contribution in [1.29, 1.82) is 0 Å². The van der Waals surface area contributed by atoms with Crippen LogP contribution in [0.5, 0.6) is 0 Å². The summed E-state index contributed by atoms with van der Waals surface area (Å²) in [7, 11) is 0. The average molecular weight is 532 g/mol. The number of aliphatic hydroxyl groups excluding tert-OH is 1. The molecule has 194 valence electrons. The molecule has 0 spiro atoms. The molecular formula is C27H36Cl2N6O. The number of amidine groups is 1. The van der Waals surface area contributed by atoms with Crippen molar-refractivity contribution in [2.45, 2.75) is 44.3 Å². The van der Waals surface area contributed by atoms with Gasteiger partial charge >= 0.3 is 0 Å². The van der Waals surface area contributed by atoms with Gasteiger partial charge in [-0.1, -0.05) is 42.3 Å². The Labute approximate surface area is 224 Å². The lowest BCUT2D eigenvalue weighted by Gasteiger charge is -2.48. The zero-order chi connectivity index (χ0) is 25.1. The number of anilines is 1. The van der Waals surface area contributed by atoms with Gasteiger partial charge in [0.1, 0.15) is 11.7 Å². The summed E-state index contributed by atoms with van der Waals surface area (Å²) in [6, 6.07) is 10.9. The molecule has 7 nitrogen and oxygen atoms in total. The van der Waals surface area contributed by atoms with Gasteiger partial charge in [0, 0.05) is 68.1 Å². The molecule has 1 aromatic carbocycles. The smallest absolute Gasteiger partial charge is 0.147 e. The van der Waals surface area contributed by atoms with Gasteiger partial charge in [0.2, 0.25) is 0 Å². The van der Waals surface area contributed by atoms with Crippen molar-refractivity contribution in [2.75, 3.05) is 57.3 Å². The fourth-order valence-corrected chi connectivity index (χ4v) is 6.35. The number of aliphatic imine (C=N–C) groups is 1. The number of likely N-dealkylation sites (tertiary alicyclic amines) is 1. The first-order chi connectivity index (χ1) is 17.6. The largest absolute Gasteiger partial charge is 0.394 e.